The van der Waals surface area contributed by atoms with Crippen LogP contribution in [0.25, 0.3) is 0 Å². The molecule has 1 saturated carbocycles. The number of likely N-dealkylation sites (tertiary alicyclic amines) is 1. The summed E-state index contributed by atoms with van der Waals surface area (Å²) >= 11 is 0. The highest BCUT2D eigenvalue weighted by Crippen LogP contribution is 2.38. The van der Waals surface area contributed by atoms with E-state index >= 15 is 0 Å². The van der Waals surface area contributed by atoms with Gasteiger partial charge in [-0.3, -0.25) is 0 Å². The minimum absolute atomic E-state index is 0.427. The number of nitrogens with two attached hydrogens (primary N) is 1. The third kappa shape index (κ3) is 2.98. The smallest absolute Gasteiger partial charge is 0.119 e. The Balaban J connectivity index is 1.84. The fourth-order valence-corrected chi connectivity index (χ4v) is 2.94. The highest BCUT2D eigenvalue weighted by atomic mass is 15.2. The Morgan fingerprint density at radius 1 is 1.47 bits per heavy atom. The van der Waals surface area contributed by atoms with Crippen molar-refractivity contribution in [1.29, 1.82) is 5.26 Å². The number of nitriles is 1. The number of hydrogen-bond donors (Lipinski definition) is 1. The molecule has 1 saturated heterocycles. The molecule has 2 unspecified atom stereocenters. The molecule has 4 nitrogen and oxygen atoms in total. The standard InChI is InChI=1S/C13H24N4/c1-16(8-12-4-3-7-17(12)2)10-13(15,9-14)11-5-6-11/h11-12H,3-8,10,15H2,1-2H3. The van der Waals surface area contributed by atoms with Crippen molar-refractivity contribution in [3.63, 3.8) is 0 Å². The Morgan fingerprint density at radius 2 is 2.18 bits per heavy atom. The molecule has 1 heterocycles. The minimum Gasteiger partial charge on any atom is -0.312 e. The van der Waals surface area contributed by atoms with E-state index in [4.69, 9.17) is 5.73 Å². The van der Waals surface area contributed by atoms with Crippen molar-refractivity contribution < 1.29 is 0 Å². The molecule has 0 radical (unpaired) electrons. The van der Waals surface area contributed by atoms with E-state index in [9.17, 15) is 5.26 Å². The summed E-state index contributed by atoms with van der Waals surface area (Å²) in [7, 11) is 4.28. The Morgan fingerprint density at radius 3 is 2.65 bits per heavy atom. The molecule has 2 atom stereocenters. The molecule has 2 rings (SSSR count). The van der Waals surface area contributed by atoms with Gasteiger partial charge in [0.1, 0.15) is 5.54 Å². The lowest BCUT2D eigenvalue weighted by Crippen LogP contribution is -2.52. The molecule has 0 aromatic carbocycles. The van der Waals surface area contributed by atoms with E-state index in [0.29, 0.717) is 18.5 Å². The zero-order valence-corrected chi connectivity index (χ0v) is 11.0. The second kappa shape index (κ2) is 4.93. The molecule has 2 aliphatic rings. The molecular weight excluding hydrogens is 212 g/mol. The maximum atomic E-state index is 9.25. The lowest BCUT2D eigenvalue weighted by atomic mass is 9.95. The highest BCUT2D eigenvalue weighted by Gasteiger charge is 2.43. The maximum absolute atomic E-state index is 9.25. The van der Waals surface area contributed by atoms with Crippen molar-refractivity contribution in [2.45, 2.75) is 37.3 Å². The molecule has 17 heavy (non-hydrogen) atoms. The predicted molar refractivity (Wildman–Crippen MR) is 68.4 cm³/mol. The zero-order chi connectivity index (χ0) is 12.5. The Labute approximate surface area is 104 Å². The predicted octanol–water partition coefficient (Wildman–Crippen LogP) is 0.643. The molecule has 0 amide bonds. The van der Waals surface area contributed by atoms with Gasteiger partial charge < -0.3 is 15.5 Å². The van der Waals surface area contributed by atoms with E-state index in [0.717, 1.165) is 19.4 Å². The van der Waals surface area contributed by atoms with Gasteiger partial charge in [0.05, 0.1) is 6.07 Å². The van der Waals surface area contributed by atoms with Crippen LogP contribution in [0.5, 0.6) is 0 Å². The summed E-state index contributed by atoms with van der Waals surface area (Å²) in [5.41, 5.74) is 5.58. The average Bonchev–Trinajstić information content (AvgIpc) is 3.06. The molecule has 2 fully saturated rings. The van der Waals surface area contributed by atoms with Gasteiger partial charge in [-0.15, -0.1) is 0 Å². The second-order valence-electron chi connectivity index (χ2n) is 5.90. The van der Waals surface area contributed by atoms with Crippen LogP contribution in [0.4, 0.5) is 0 Å². The Bertz CT molecular complexity index is 307. The zero-order valence-electron chi connectivity index (χ0n) is 11.0. The monoisotopic (exact) mass is 236 g/mol. The number of hydrogen-bond acceptors (Lipinski definition) is 4. The van der Waals surface area contributed by atoms with Gasteiger partial charge in [-0.05, 0) is 52.2 Å². The maximum Gasteiger partial charge on any atom is 0.119 e. The Kier molecular flexibility index (Phi) is 3.72. The van der Waals surface area contributed by atoms with Crippen molar-refractivity contribution in [2.24, 2.45) is 11.7 Å². The first-order chi connectivity index (χ1) is 8.05. The van der Waals surface area contributed by atoms with Crippen LogP contribution in [-0.4, -0.2) is 55.1 Å². The van der Waals surface area contributed by atoms with Crippen molar-refractivity contribution in [3.05, 3.63) is 0 Å². The highest BCUT2D eigenvalue weighted by molar-refractivity contribution is 5.14. The van der Waals surface area contributed by atoms with Crippen LogP contribution < -0.4 is 5.73 Å². The third-order valence-corrected chi connectivity index (χ3v) is 4.24. The van der Waals surface area contributed by atoms with Gasteiger partial charge in [0.25, 0.3) is 0 Å². The fraction of sp³-hybridized carbons (Fsp3) is 0.923. The number of rotatable bonds is 5. The van der Waals surface area contributed by atoms with Gasteiger partial charge in [0.15, 0.2) is 0 Å². The second-order valence-corrected chi connectivity index (χ2v) is 5.90. The van der Waals surface area contributed by atoms with Gasteiger partial charge in [0, 0.05) is 19.1 Å². The van der Waals surface area contributed by atoms with E-state index in [1.54, 1.807) is 0 Å². The van der Waals surface area contributed by atoms with Crippen molar-refractivity contribution in [2.75, 3.05) is 33.7 Å². The van der Waals surface area contributed by atoms with E-state index in [1.807, 2.05) is 0 Å². The topological polar surface area (TPSA) is 56.3 Å². The van der Waals surface area contributed by atoms with Crippen molar-refractivity contribution >= 4 is 0 Å². The van der Waals surface area contributed by atoms with Gasteiger partial charge >= 0.3 is 0 Å². The molecular formula is C13H24N4. The lowest BCUT2D eigenvalue weighted by molar-refractivity contribution is 0.194. The summed E-state index contributed by atoms with van der Waals surface area (Å²) in [6.45, 7) is 2.94. The van der Waals surface area contributed by atoms with E-state index in [2.05, 4.69) is 30.0 Å². The third-order valence-electron chi connectivity index (χ3n) is 4.24. The molecule has 4 heteroatoms. The summed E-state index contributed by atoms with van der Waals surface area (Å²) in [4.78, 5) is 4.66. The van der Waals surface area contributed by atoms with E-state index in [-0.39, 0.29) is 0 Å². The molecule has 0 aromatic rings. The molecule has 1 aliphatic carbocycles. The van der Waals surface area contributed by atoms with Crippen LogP contribution >= 0.6 is 0 Å². The molecule has 96 valence electrons. The van der Waals surface area contributed by atoms with Crippen LogP contribution in [0, 0.1) is 17.2 Å². The number of nitrogens with zero attached hydrogens (tertiary/aromatic N) is 3. The normalized spacial score (nSPS) is 29.2. The van der Waals surface area contributed by atoms with Crippen LogP contribution in [0.15, 0.2) is 0 Å². The molecule has 0 bridgehead atoms. The SMILES string of the molecule is CN(CC1CCCN1C)CC(N)(C#N)C1CC1. The van der Waals surface area contributed by atoms with Crippen LogP contribution in [0.2, 0.25) is 0 Å². The van der Waals surface area contributed by atoms with E-state index in [1.165, 1.54) is 19.4 Å². The first-order valence-electron chi connectivity index (χ1n) is 6.64. The van der Waals surface area contributed by atoms with Crippen LogP contribution in [0.3, 0.4) is 0 Å². The average molecular weight is 236 g/mol. The van der Waals surface area contributed by atoms with Gasteiger partial charge in [-0.1, -0.05) is 0 Å². The van der Waals surface area contributed by atoms with Crippen LogP contribution in [-0.2, 0) is 0 Å². The molecule has 0 spiro atoms. The van der Waals surface area contributed by atoms with Gasteiger partial charge in [-0.25, -0.2) is 0 Å². The molecule has 2 N–H and O–H groups in total. The van der Waals surface area contributed by atoms with Gasteiger partial charge in [0.2, 0.25) is 0 Å². The summed E-state index contributed by atoms with van der Waals surface area (Å²) in [5.74, 6) is 0.427. The molecule has 1 aliphatic heterocycles. The summed E-state index contributed by atoms with van der Waals surface area (Å²) in [5, 5.41) is 9.25. The first kappa shape index (κ1) is 12.8. The first-order valence-corrected chi connectivity index (χ1v) is 6.64. The molecule has 0 aromatic heterocycles. The fourth-order valence-electron chi connectivity index (χ4n) is 2.94. The summed E-state index contributed by atoms with van der Waals surface area (Å²) in [6, 6.07) is 2.97. The van der Waals surface area contributed by atoms with Crippen molar-refractivity contribution in [1.82, 2.24) is 9.80 Å². The Hall–Kier alpha value is -0.630. The lowest BCUT2D eigenvalue weighted by Gasteiger charge is -2.31. The van der Waals surface area contributed by atoms with Crippen molar-refractivity contribution in [3.8, 4) is 6.07 Å². The van der Waals surface area contributed by atoms with Crippen LogP contribution in [0.1, 0.15) is 25.7 Å². The van der Waals surface area contributed by atoms with Gasteiger partial charge in [-0.2, -0.15) is 5.26 Å². The quantitative estimate of drug-likeness (QED) is 0.761. The number of likely N-dealkylation sites (N-methyl/N-ethyl adjacent to an activating group) is 2. The minimum atomic E-state index is -0.619. The summed E-state index contributed by atoms with van der Waals surface area (Å²) in [6.07, 6.45) is 4.82. The summed E-state index contributed by atoms with van der Waals surface area (Å²) < 4.78 is 0. The van der Waals surface area contributed by atoms with E-state index < -0.39 is 5.54 Å². The largest absolute Gasteiger partial charge is 0.312 e.